The normalized spacial score (nSPS) is 20.4. The van der Waals surface area contributed by atoms with Gasteiger partial charge < -0.3 is 19.1 Å². The number of ether oxygens (including phenoxy) is 1. The number of likely N-dealkylation sites (tertiary alicyclic amines) is 1. The zero-order valence-electron chi connectivity index (χ0n) is 26.3. The van der Waals surface area contributed by atoms with Gasteiger partial charge in [0.1, 0.15) is 23.9 Å². The quantitative estimate of drug-likeness (QED) is 0.266. The third-order valence-electron chi connectivity index (χ3n) is 10.2. The van der Waals surface area contributed by atoms with Gasteiger partial charge in [-0.05, 0) is 73.8 Å². The molecule has 3 saturated heterocycles. The lowest BCUT2D eigenvalue weighted by Crippen LogP contribution is -2.60. The summed E-state index contributed by atoms with van der Waals surface area (Å²) in [7, 11) is 2.02. The predicted molar refractivity (Wildman–Crippen MR) is 171 cm³/mol. The zero-order chi connectivity index (χ0) is 32.2. The van der Waals surface area contributed by atoms with E-state index in [1.54, 1.807) is 12.1 Å². The van der Waals surface area contributed by atoms with Crippen LogP contribution >= 0.6 is 0 Å². The number of halogens is 3. The number of anilines is 1. The fourth-order valence-corrected chi connectivity index (χ4v) is 7.45. The van der Waals surface area contributed by atoms with Crippen LogP contribution in [0.2, 0.25) is 0 Å². The number of benzene rings is 2. The van der Waals surface area contributed by atoms with Crippen molar-refractivity contribution in [1.29, 1.82) is 5.26 Å². The first kappa shape index (κ1) is 30.5. The van der Waals surface area contributed by atoms with Crippen LogP contribution in [0, 0.1) is 23.7 Å². The van der Waals surface area contributed by atoms with E-state index in [0.717, 1.165) is 74.5 Å². The van der Waals surface area contributed by atoms with Gasteiger partial charge in [0, 0.05) is 60.6 Å². The molecule has 0 bridgehead atoms. The average molecular weight is 630 g/mol. The fraction of sp³-hybridized carbons (Fsp3) is 0.457. The Morgan fingerprint density at radius 1 is 1.09 bits per heavy atom. The molecule has 7 rings (SSSR count). The van der Waals surface area contributed by atoms with E-state index in [1.807, 2.05) is 13.1 Å². The maximum absolute atomic E-state index is 13.0. The van der Waals surface area contributed by atoms with Crippen molar-refractivity contribution in [3.05, 3.63) is 77.4 Å². The van der Waals surface area contributed by atoms with Gasteiger partial charge in [0.25, 0.3) is 0 Å². The van der Waals surface area contributed by atoms with E-state index >= 15 is 0 Å². The minimum Gasteiger partial charge on any atom is -0.374 e. The number of aryl methyl sites for hydroxylation is 1. The third-order valence-corrected chi connectivity index (χ3v) is 10.2. The van der Waals surface area contributed by atoms with Gasteiger partial charge in [-0.15, -0.1) is 0 Å². The van der Waals surface area contributed by atoms with Crippen molar-refractivity contribution in [2.45, 2.75) is 51.6 Å². The number of fused-ring (bicyclic) bond motifs is 2. The highest BCUT2D eigenvalue weighted by Gasteiger charge is 2.45. The molecule has 2 aromatic heterocycles. The van der Waals surface area contributed by atoms with Crippen molar-refractivity contribution in [3.8, 4) is 6.07 Å². The molecule has 11 heteroatoms. The van der Waals surface area contributed by atoms with Crippen molar-refractivity contribution in [2.75, 3.05) is 51.3 Å². The van der Waals surface area contributed by atoms with Gasteiger partial charge in [0.15, 0.2) is 0 Å². The molecule has 3 fully saturated rings. The van der Waals surface area contributed by atoms with Crippen molar-refractivity contribution >= 4 is 27.6 Å². The molecule has 0 N–H and O–H groups in total. The SMILES string of the molecule is C=C1COC(Cn2c(C#N)cc3c(C)c(CN4CCC5(CC4)CN(c4ncnc6ccc(CC(F)(F)F)cc46)C5)ccc32)CN1C. The maximum atomic E-state index is 13.0. The van der Waals surface area contributed by atoms with E-state index in [9.17, 15) is 18.4 Å². The number of piperidine rings is 1. The molecule has 5 heterocycles. The van der Waals surface area contributed by atoms with E-state index in [-0.39, 0.29) is 17.1 Å². The van der Waals surface area contributed by atoms with Gasteiger partial charge in [-0.25, -0.2) is 9.97 Å². The highest BCUT2D eigenvalue weighted by Crippen LogP contribution is 2.44. The summed E-state index contributed by atoms with van der Waals surface area (Å²) in [6.45, 7) is 12.6. The molecule has 4 aromatic rings. The number of likely N-dealkylation sites (N-methyl/N-ethyl adjacent to an activating group) is 1. The molecule has 1 unspecified atom stereocenters. The van der Waals surface area contributed by atoms with Crippen LogP contribution in [0.4, 0.5) is 19.0 Å². The predicted octanol–water partition coefficient (Wildman–Crippen LogP) is 5.82. The number of rotatable bonds is 6. The Kier molecular flexibility index (Phi) is 7.68. The molecular formula is C35H38F3N7O. The largest absolute Gasteiger partial charge is 0.393 e. The first-order valence-electron chi connectivity index (χ1n) is 15.8. The van der Waals surface area contributed by atoms with Gasteiger partial charge in [0.05, 0.1) is 31.2 Å². The molecule has 3 aliphatic rings. The lowest BCUT2D eigenvalue weighted by Gasteiger charge is -2.54. The zero-order valence-corrected chi connectivity index (χ0v) is 26.3. The Bertz CT molecular complexity index is 1840. The second kappa shape index (κ2) is 11.6. The molecule has 0 aliphatic carbocycles. The van der Waals surface area contributed by atoms with Crippen LogP contribution in [-0.2, 0) is 24.2 Å². The van der Waals surface area contributed by atoms with E-state index in [2.05, 4.69) is 60.9 Å². The van der Waals surface area contributed by atoms with E-state index in [1.165, 1.54) is 23.5 Å². The lowest BCUT2D eigenvalue weighted by molar-refractivity contribution is -0.127. The van der Waals surface area contributed by atoms with Crippen molar-refractivity contribution in [2.24, 2.45) is 5.41 Å². The monoisotopic (exact) mass is 629 g/mol. The Balaban J connectivity index is 1.00. The van der Waals surface area contributed by atoms with Crippen LogP contribution in [-0.4, -0.2) is 83.0 Å². The average Bonchev–Trinajstić information content (AvgIpc) is 3.36. The second-order valence-corrected chi connectivity index (χ2v) is 13.4. The summed E-state index contributed by atoms with van der Waals surface area (Å²) >= 11 is 0. The van der Waals surface area contributed by atoms with Crippen molar-refractivity contribution < 1.29 is 17.9 Å². The standard InChI is InChI=1S/C35H38F3N7O/c1-23-19-46-28(17-42(23)3)18-45-27(15-39)13-29-24(2)26(5-7-32(29)45)16-43-10-8-34(9-11-43)20-44(21-34)33-30-12-25(14-35(36,37)38)4-6-31(30)40-22-41-33/h4-7,12-13,22,28H,1,8-11,14,16-21H2,2-3H3. The van der Waals surface area contributed by atoms with Crippen molar-refractivity contribution in [3.63, 3.8) is 0 Å². The van der Waals surface area contributed by atoms with Gasteiger partial charge in [0.2, 0.25) is 0 Å². The Morgan fingerprint density at radius 3 is 2.59 bits per heavy atom. The summed E-state index contributed by atoms with van der Waals surface area (Å²) < 4.78 is 47.2. The summed E-state index contributed by atoms with van der Waals surface area (Å²) in [4.78, 5) is 15.6. The number of hydrogen-bond acceptors (Lipinski definition) is 7. The number of alkyl halides is 3. The molecule has 240 valence electrons. The molecule has 46 heavy (non-hydrogen) atoms. The van der Waals surface area contributed by atoms with Crippen LogP contribution in [0.25, 0.3) is 21.8 Å². The van der Waals surface area contributed by atoms with Crippen LogP contribution in [0.1, 0.15) is 35.2 Å². The number of nitrogens with zero attached hydrogens (tertiary/aromatic N) is 7. The minimum atomic E-state index is -4.26. The van der Waals surface area contributed by atoms with Crippen LogP contribution < -0.4 is 4.90 Å². The Hall–Kier alpha value is -4.14. The van der Waals surface area contributed by atoms with E-state index in [4.69, 9.17) is 4.74 Å². The molecule has 2 aromatic carbocycles. The molecule has 0 radical (unpaired) electrons. The van der Waals surface area contributed by atoms with Crippen molar-refractivity contribution in [1.82, 2.24) is 24.3 Å². The number of nitriles is 1. The first-order valence-corrected chi connectivity index (χ1v) is 15.8. The molecule has 0 saturated carbocycles. The molecular weight excluding hydrogens is 591 g/mol. The maximum Gasteiger partial charge on any atom is 0.393 e. The van der Waals surface area contributed by atoms with Gasteiger partial charge in [-0.3, -0.25) is 4.90 Å². The second-order valence-electron chi connectivity index (χ2n) is 13.4. The van der Waals surface area contributed by atoms with Crippen LogP contribution in [0.5, 0.6) is 0 Å². The van der Waals surface area contributed by atoms with Gasteiger partial charge in [-0.1, -0.05) is 18.7 Å². The number of aromatic nitrogens is 3. The molecule has 1 atom stereocenters. The lowest BCUT2D eigenvalue weighted by atomic mass is 9.72. The summed E-state index contributed by atoms with van der Waals surface area (Å²) in [6, 6.07) is 13.5. The van der Waals surface area contributed by atoms with Gasteiger partial charge >= 0.3 is 6.18 Å². The van der Waals surface area contributed by atoms with Crippen LogP contribution in [0.15, 0.2) is 55.0 Å². The first-order chi connectivity index (χ1) is 22.0. The van der Waals surface area contributed by atoms with Crippen LogP contribution in [0.3, 0.4) is 0 Å². The number of morpholine rings is 1. The number of hydrogen-bond donors (Lipinski definition) is 0. The Morgan fingerprint density at radius 2 is 1.87 bits per heavy atom. The molecule has 3 aliphatic heterocycles. The molecule has 8 nitrogen and oxygen atoms in total. The summed E-state index contributed by atoms with van der Waals surface area (Å²) in [5.41, 5.74) is 6.23. The smallest absolute Gasteiger partial charge is 0.374 e. The summed E-state index contributed by atoms with van der Waals surface area (Å²) in [5.74, 6) is 0.724. The topological polar surface area (TPSA) is 73.5 Å². The Labute approximate surface area is 266 Å². The fourth-order valence-electron chi connectivity index (χ4n) is 7.45. The molecule has 0 amide bonds. The van der Waals surface area contributed by atoms with E-state index in [0.29, 0.717) is 29.7 Å². The van der Waals surface area contributed by atoms with Gasteiger partial charge in [-0.2, -0.15) is 18.4 Å². The highest BCUT2D eigenvalue weighted by molar-refractivity contribution is 5.90. The minimum absolute atomic E-state index is 0.0128. The van der Waals surface area contributed by atoms with E-state index < -0.39 is 12.6 Å². The summed E-state index contributed by atoms with van der Waals surface area (Å²) in [5, 5.41) is 11.7. The summed E-state index contributed by atoms with van der Waals surface area (Å²) in [6.07, 6.45) is -1.61. The third kappa shape index (κ3) is 5.80. The highest BCUT2D eigenvalue weighted by atomic mass is 19.4. The molecule has 1 spiro atoms.